The van der Waals surface area contributed by atoms with Crippen LogP contribution in [0.2, 0.25) is 0 Å². The summed E-state index contributed by atoms with van der Waals surface area (Å²) in [5.74, 6) is -1.17. The average molecular weight is 221 g/mol. The van der Waals surface area contributed by atoms with Gasteiger partial charge in [0.1, 0.15) is 6.54 Å². The third-order valence-corrected chi connectivity index (χ3v) is 3.79. The minimum Gasteiger partial charge on any atom is -0.480 e. The average Bonchev–Trinajstić information content (AvgIpc) is 2.02. The van der Waals surface area contributed by atoms with Crippen LogP contribution in [0.1, 0.15) is 13.8 Å². The SMILES string of the molecule is C=CCN(CC(=O)O)S(=O)(=O)C(C)C. The van der Waals surface area contributed by atoms with E-state index in [0.29, 0.717) is 0 Å². The number of carbonyl (C=O) groups is 1. The summed E-state index contributed by atoms with van der Waals surface area (Å²) in [6.07, 6.45) is 1.36. The van der Waals surface area contributed by atoms with Gasteiger partial charge in [0.25, 0.3) is 0 Å². The van der Waals surface area contributed by atoms with Crippen molar-refractivity contribution >= 4 is 16.0 Å². The molecule has 6 heteroatoms. The summed E-state index contributed by atoms with van der Waals surface area (Å²) >= 11 is 0. The molecule has 0 amide bonds. The van der Waals surface area contributed by atoms with Gasteiger partial charge in [-0.05, 0) is 13.8 Å². The zero-order valence-corrected chi connectivity index (χ0v) is 9.12. The van der Waals surface area contributed by atoms with Crippen molar-refractivity contribution in [1.82, 2.24) is 4.31 Å². The molecule has 0 fully saturated rings. The molecule has 0 saturated carbocycles. The van der Waals surface area contributed by atoms with Crippen molar-refractivity contribution in [3.63, 3.8) is 0 Å². The van der Waals surface area contributed by atoms with Crippen LogP contribution in [-0.4, -0.2) is 42.1 Å². The van der Waals surface area contributed by atoms with Gasteiger partial charge < -0.3 is 5.11 Å². The van der Waals surface area contributed by atoms with Crippen molar-refractivity contribution in [1.29, 1.82) is 0 Å². The topological polar surface area (TPSA) is 74.7 Å². The van der Waals surface area contributed by atoms with Gasteiger partial charge in [-0.2, -0.15) is 4.31 Å². The molecule has 0 bridgehead atoms. The second-order valence-corrected chi connectivity index (χ2v) is 5.56. The first kappa shape index (κ1) is 13.1. The Hall–Kier alpha value is -0.880. The molecule has 0 atom stereocenters. The zero-order valence-electron chi connectivity index (χ0n) is 8.30. The Labute approximate surface area is 84.1 Å². The molecule has 0 aliphatic heterocycles. The van der Waals surface area contributed by atoms with Crippen LogP contribution in [0.4, 0.5) is 0 Å². The molecule has 0 aromatic heterocycles. The van der Waals surface area contributed by atoms with E-state index in [9.17, 15) is 13.2 Å². The van der Waals surface area contributed by atoms with E-state index < -0.39 is 27.8 Å². The molecule has 0 saturated heterocycles. The number of hydrogen-bond donors (Lipinski definition) is 1. The minimum absolute atomic E-state index is 0.0206. The van der Waals surface area contributed by atoms with E-state index in [1.165, 1.54) is 19.9 Å². The lowest BCUT2D eigenvalue weighted by atomic mass is 10.5. The summed E-state index contributed by atoms with van der Waals surface area (Å²) in [4.78, 5) is 10.4. The van der Waals surface area contributed by atoms with Gasteiger partial charge in [-0.25, -0.2) is 8.42 Å². The van der Waals surface area contributed by atoms with Gasteiger partial charge in [0.2, 0.25) is 10.0 Å². The van der Waals surface area contributed by atoms with Crippen molar-refractivity contribution in [3.05, 3.63) is 12.7 Å². The van der Waals surface area contributed by atoms with Crippen LogP contribution in [0, 0.1) is 0 Å². The number of carboxylic acid groups (broad SMARTS) is 1. The molecule has 0 spiro atoms. The molecule has 0 rings (SSSR count). The van der Waals surface area contributed by atoms with Crippen molar-refractivity contribution < 1.29 is 18.3 Å². The summed E-state index contributed by atoms with van der Waals surface area (Å²) in [5, 5.41) is 7.89. The molecule has 0 aromatic rings. The monoisotopic (exact) mass is 221 g/mol. The fourth-order valence-corrected chi connectivity index (χ4v) is 2.05. The van der Waals surface area contributed by atoms with Gasteiger partial charge in [0.15, 0.2) is 0 Å². The Morgan fingerprint density at radius 2 is 2.07 bits per heavy atom. The maximum absolute atomic E-state index is 11.6. The minimum atomic E-state index is -3.51. The first-order valence-electron chi connectivity index (χ1n) is 4.14. The summed E-state index contributed by atoms with van der Waals surface area (Å²) in [6, 6.07) is 0. The van der Waals surface area contributed by atoms with Crippen molar-refractivity contribution in [3.8, 4) is 0 Å². The molecule has 0 heterocycles. The van der Waals surface area contributed by atoms with Gasteiger partial charge in [-0.3, -0.25) is 4.79 Å². The number of carboxylic acids is 1. The van der Waals surface area contributed by atoms with Crippen LogP contribution in [0.25, 0.3) is 0 Å². The van der Waals surface area contributed by atoms with E-state index in [4.69, 9.17) is 5.11 Å². The molecule has 0 aliphatic rings. The molecule has 0 aliphatic carbocycles. The van der Waals surface area contributed by atoms with Gasteiger partial charge >= 0.3 is 5.97 Å². The maximum Gasteiger partial charge on any atom is 0.318 e. The molecule has 82 valence electrons. The van der Waals surface area contributed by atoms with Crippen LogP contribution in [-0.2, 0) is 14.8 Å². The molecule has 5 nitrogen and oxygen atoms in total. The van der Waals surface area contributed by atoms with Gasteiger partial charge in [-0.15, -0.1) is 6.58 Å². The molecule has 0 aromatic carbocycles. The van der Waals surface area contributed by atoms with E-state index in [0.717, 1.165) is 4.31 Å². The molecular formula is C8H15NO4S. The first-order valence-corrected chi connectivity index (χ1v) is 5.64. The van der Waals surface area contributed by atoms with E-state index in [2.05, 4.69) is 6.58 Å². The normalized spacial score (nSPS) is 12.0. The molecule has 1 N–H and O–H groups in total. The number of hydrogen-bond acceptors (Lipinski definition) is 3. The Morgan fingerprint density at radius 1 is 1.57 bits per heavy atom. The highest BCUT2D eigenvalue weighted by Crippen LogP contribution is 2.07. The van der Waals surface area contributed by atoms with Crippen molar-refractivity contribution in [2.24, 2.45) is 0 Å². The van der Waals surface area contributed by atoms with Crippen LogP contribution < -0.4 is 0 Å². The van der Waals surface area contributed by atoms with E-state index >= 15 is 0 Å². The highest BCUT2D eigenvalue weighted by molar-refractivity contribution is 7.89. The van der Waals surface area contributed by atoms with E-state index in [1.54, 1.807) is 0 Å². The van der Waals surface area contributed by atoms with Gasteiger partial charge in [-0.1, -0.05) is 6.08 Å². The van der Waals surface area contributed by atoms with E-state index in [-0.39, 0.29) is 6.54 Å². The lowest BCUT2D eigenvalue weighted by Crippen LogP contribution is -2.39. The number of sulfonamides is 1. The zero-order chi connectivity index (χ0) is 11.4. The molecule has 14 heavy (non-hydrogen) atoms. The van der Waals surface area contributed by atoms with Crippen LogP contribution in [0.5, 0.6) is 0 Å². The number of rotatable bonds is 6. The lowest BCUT2D eigenvalue weighted by Gasteiger charge is -2.20. The second-order valence-electron chi connectivity index (χ2n) is 3.07. The summed E-state index contributed by atoms with van der Waals surface area (Å²) < 4.78 is 24.0. The highest BCUT2D eigenvalue weighted by atomic mass is 32.2. The molecule has 0 unspecified atom stereocenters. The smallest absolute Gasteiger partial charge is 0.318 e. The summed E-state index contributed by atoms with van der Waals surface area (Å²) in [7, 11) is -3.51. The Kier molecular flexibility index (Phi) is 4.79. The van der Waals surface area contributed by atoms with E-state index in [1.807, 2.05) is 0 Å². The first-order chi connectivity index (χ1) is 6.32. The summed E-state index contributed by atoms with van der Waals surface area (Å²) in [5.41, 5.74) is 0. The highest BCUT2D eigenvalue weighted by Gasteiger charge is 2.26. The van der Waals surface area contributed by atoms with Crippen molar-refractivity contribution in [2.45, 2.75) is 19.1 Å². The second kappa shape index (κ2) is 5.11. The quantitative estimate of drug-likeness (QED) is 0.654. The Balaban J connectivity index is 4.81. The Bertz CT molecular complexity index is 307. The number of aliphatic carboxylic acids is 1. The van der Waals surface area contributed by atoms with Crippen LogP contribution >= 0.6 is 0 Å². The predicted molar refractivity (Wildman–Crippen MR) is 53.5 cm³/mol. The third-order valence-electron chi connectivity index (χ3n) is 1.60. The maximum atomic E-state index is 11.6. The lowest BCUT2D eigenvalue weighted by molar-refractivity contribution is -0.137. The van der Waals surface area contributed by atoms with Gasteiger partial charge in [0, 0.05) is 6.54 Å². The third kappa shape index (κ3) is 3.47. The molecule has 0 radical (unpaired) electrons. The predicted octanol–water partition coefficient (Wildman–Crippen LogP) is 0.297. The molecular weight excluding hydrogens is 206 g/mol. The fourth-order valence-electron chi connectivity index (χ4n) is 0.851. The van der Waals surface area contributed by atoms with Gasteiger partial charge in [0.05, 0.1) is 5.25 Å². The Morgan fingerprint density at radius 3 is 2.36 bits per heavy atom. The summed E-state index contributed by atoms with van der Waals surface area (Å²) in [6.45, 7) is 5.90. The van der Waals surface area contributed by atoms with Crippen LogP contribution in [0.3, 0.4) is 0 Å². The standard InChI is InChI=1S/C8H15NO4S/c1-4-5-9(6-8(10)11)14(12,13)7(2)3/h4,7H,1,5-6H2,2-3H3,(H,10,11). The number of nitrogens with zero attached hydrogens (tertiary/aromatic N) is 1. The van der Waals surface area contributed by atoms with Crippen molar-refractivity contribution in [2.75, 3.05) is 13.1 Å². The van der Waals surface area contributed by atoms with Crippen LogP contribution in [0.15, 0.2) is 12.7 Å². The fraction of sp³-hybridized carbons (Fsp3) is 0.625. The largest absolute Gasteiger partial charge is 0.480 e.